The molecule has 3 N–H and O–H groups in total. The zero-order chi connectivity index (χ0) is 32.9. The van der Waals surface area contributed by atoms with Gasteiger partial charge in [0.15, 0.2) is 5.82 Å². The lowest BCUT2D eigenvalue weighted by molar-refractivity contribution is -0.0910. The summed E-state index contributed by atoms with van der Waals surface area (Å²) in [6.07, 6.45) is 5.75. The molecule has 7 atom stereocenters. The minimum Gasteiger partial charge on any atom is -0.461 e. The third-order valence-corrected chi connectivity index (χ3v) is 12.8. The van der Waals surface area contributed by atoms with Gasteiger partial charge in [0, 0.05) is 62.2 Å². The number of fused-ring (bicyclic) bond motifs is 6. The van der Waals surface area contributed by atoms with Gasteiger partial charge in [0.25, 0.3) is 0 Å². The van der Waals surface area contributed by atoms with Crippen LogP contribution in [-0.2, 0) is 4.74 Å². The van der Waals surface area contributed by atoms with Crippen LogP contribution in [0.25, 0.3) is 22.0 Å². The summed E-state index contributed by atoms with van der Waals surface area (Å²) in [4.78, 5) is 14.6. The zero-order valence-corrected chi connectivity index (χ0v) is 28.1. The van der Waals surface area contributed by atoms with E-state index in [1.54, 1.807) is 13.2 Å². The van der Waals surface area contributed by atoms with Crippen molar-refractivity contribution in [1.29, 1.82) is 0 Å². The van der Waals surface area contributed by atoms with Gasteiger partial charge in [0.05, 0.1) is 22.1 Å². The number of methoxy groups -OCH3 is 1. The first-order valence-corrected chi connectivity index (χ1v) is 18.1. The summed E-state index contributed by atoms with van der Waals surface area (Å²) in [5.74, 6) is -0.126. The van der Waals surface area contributed by atoms with Crippen molar-refractivity contribution in [1.82, 2.24) is 20.2 Å². The number of benzene rings is 2. The van der Waals surface area contributed by atoms with Crippen molar-refractivity contribution in [2.45, 2.75) is 92.0 Å². The normalized spacial score (nSPS) is 32.2. The van der Waals surface area contributed by atoms with Crippen molar-refractivity contribution in [3.05, 3.63) is 52.1 Å². The van der Waals surface area contributed by atoms with Crippen LogP contribution in [0.15, 0.2) is 34.2 Å². The van der Waals surface area contributed by atoms with Gasteiger partial charge < -0.3 is 25.4 Å². The Morgan fingerprint density at radius 3 is 2.73 bits per heavy atom. The number of thioether (sulfide) groups is 1. The maximum absolute atomic E-state index is 17.4. The molecule has 4 saturated heterocycles. The molecule has 9 rings (SSSR count). The molecule has 12 heteroatoms. The molecule has 2 bridgehead atoms. The average molecular weight is 679 g/mol. The SMILES string of the molecule is COCC1CC2(COc3nc(N4CC5CCC(C4)N5)c4cc5c(c(F)c4n3)-c3ccc(F)c4c3C(CC=C(N)S4)CC5C)CC(F)CN12. The van der Waals surface area contributed by atoms with Crippen molar-refractivity contribution in [3.8, 4) is 17.1 Å². The van der Waals surface area contributed by atoms with Gasteiger partial charge in [-0.1, -0.05) is 30.8 Å². The predicted octanol–water partition coefficient (Wildman–Crippen LogP) is 5.98. The molecule has 6 heterocycles. The number of aromatic nitrogens is 2. The van der Waals surface area contributed by atoms with Crippen LogP contribution in [0.2, 0.25) is 0 Å². The molecular weight excluding hydrogens is 637 g/mol. The topological polar surface area (TPSA) is 88.8 Å². The molecule has 5 aliphatic heterocycles. The van der Waals surface area contributed by atoms with Crippen LogP contribution in [0.4, 0.5) is 19.0 Å². The number of nitrogens with one attached hydrogen (secondary N) is 1. The Hall–Kier alpha value is -3.06. The van der Waals surface area contributed by atoms with E-state index in [-0.39, 0.29) is 41.8 Å². The van der Waals surface area contributed by atoms with E-state index in [1.165, 1.54) is 17.8 Å². The van der Waals surface area contributed by atoms with E-state index in [0.29, 0.717) is 70.3 Å². The number of hydrogen-bond donors (Lipinski definition) is 2. The number of hydrogen-bond acceptors (Lipinski definition) is 9. The highest BCUT2D eigenvalue weighted by atomic mass is 32.2. The summed E-state index contributed by atoms with van der Waals surface area (Å²) in [6, 6.07) is 6.15. The molecule has 4 fully saturated rings. The molecule has 6 aliphatic rings. The second kappa shape index (κ2) is 11.5. The van der Waals surface area contributed by atoms with Gasteiger partial charge in [-0.05, 0) is 72.8 Å². The molecule has 2 aromatic carbocycles. The fourth-order valence-electron chi connectivity index (χ4n) is 9.67. The number of anilines is 1. The van der Waals surface area contributed by atoms with Crippen LogP contribution < -0.4 is 20.7 Å². The highest BCUT2D eigenvalue weighted by Gasteiger charge is 2.58. The van der Waals surface area contributed by atoms with Crippen molar-refractivity contribution in [3.63, 3.8) is 0 Å². The monoisotopic (exact) mass is 678 g/mol. The average Bonchev–Trinajstić information content (AvgIpc) is 3.41. The molecule has 0 radical (unpaired) electrons. The smallest absolute Gasteiger partial charge is 0.319 e. The molecule has 0 amide bonds. The molecule has 3 aromatic rings. The molecule has 0 spiro atoms. The van der Waals surface area contributed by atoms with E-state index in [0.717, 1.165) is 49.9 Å². The lowest BCUT2D eigenvalue weighted by Gasteiger charge is -2.53. The Kier molecular flexibility index (Phi) is 7.42. The molecule has 48 heavy (non-hydrogen) atoms. The molecular formula is C36H41F3N6O2S. The number of piperazine rings is 1. The predicted molar refractivity (Wildman–Crippen MR) is 180 cm³/mol. The van der Waals surface area contributed by atoms with E-state index in [1.807, 2.05) is 6.08 Å². The second-order valence-corrected chi connectivity index (χ2v) is 15.9. The molecule has 1 aliphatic carbocycles. The largest absolute Gasteiger partial charge is 0.461 e. The Balaban J connectivity index is 1.18. The first kappa shape index (κ1) is 31.0. The van der Waals surface area contributed by atoms with Gasteiger partial charge in [-0.15, -0.1) is 0 Å². The summed E-state index contributed by atoms with van der Waals surface area (Å²) < 4.78 is 59.3. The van der Waals surface area contributed by atoms with Gasteiger partial charge in [-0.2, -0.15) is 9.97 Å². The second-order valence-electron chi connectivity index (χ2n) is 14.8. The van der Waals surface area contributed by atoms with Gasteiger partial charge in [-0.3, -0.25) is 4.90 Å². The van der Waals surface area contributed by atoms with Gasteiger partial charge in [0.1, 0.15) is 29.9 Å². The highest BCUT2D eigenvalue weighted by molar-refractivity contribution is 8.03. The van der Waals surface area contributed by atoms with Crippen LogP contribution in [-0.4, -0.2) is 84.7 Å². The number of rotatable bonds is 6. The third-order valence-electron chi connectivity index (χ3n) is 11.7. The van der Waals surface area contributed by atoms with Crippen LogP contribution in [0.3, 0.4) is 0 Å². The maximum Gasteiger partial charge on any atom is 0.319 e. The zero-order valence-electron chi connectivity index (χ0n) is 27.3. The number of halogens is 3. The number of nitrogens with two attached hydrogens (primary N) is 1. The fraction of sp³-hybridized carbons (Fsp3) is 0.556. The molecule has 7 unspecified atom stereocenters. The van der Waals surface area contributed by atoms with Crippen LogP contribution >= 0.6 is 11.8 Å². The number of allylic oxidation sites excluding steroid dienone is 1. The Bertz CT molecular complexity index is 1830. The first-order chi connectivity index (χ1) is 23.2. The van der Waals surface area contributed by atoms with Crippen LogP contribution in [0.1, 0.15) is 68.4 Å². The third kappa shape index (κ3) is 4.84. The minimum atomic E-state index is -0.937. The van der Waals surface area contributed by atoms with E-state index in [4.69, 9.17) is 25.2 Å². The molecule has 0 saturated carbocycles. The number of alkyl halides is 1. The molecule has 254 valence electrons. The van der Waals surface area contributed by atoms with Crippen molar-refractivity contribution in [2.75, 3.05) is 44.9 Å². The summed E-state index contributed by atoms with van der Waals surface area (Å²) in [5, 5.41) is 4.91. The van der Waals surface area contributed by atoms with E-state index in [2.05, 4.69) is 28.1 Å². The fourth-order valence-corrected chi connectivity index (χ4v) is 10.6. The lowest BCUT2D eigenvalue weighted by Crippen LogP contribution is -2.66. The van der Waals surface area contributed by atoms with Crippen molar-refractivity contribution >= 4 is 28.5 Å². The standard InChI is InChI=1S/C36H41F3N6O2S/c1-18-9-19-3-8-28(40)48-33-27(38)7-6-24(29(19)33)30-25(18)10-26-32(31(30)39)42-35(43-34(26)44-14-21-4-5-22(15-44)41-21)47-17-36-11-20(37)13-45(36)23(12-36)16-46-2/h6-8,10,18-23,41H,3-5,9,11-17,40H2,1-2H3. The Labute approximate surface area is 282 Å². The van der Waals surface area contributed by atoms with E-state index >= 15 is 8.78 Å². The summed E-state index contributed by atoms with van der Waals surface area (Å²) in [5.41, 5.74) is 8.85. The summed E-state index contributed by atoms with van der Waals surface area (Å²) in [7, 11) is 1.66. The lowest BCUT2D eigenvalue weighted by atomic mass is 9.79. The van der Waals surface area contributed by atoms with Gasteiger partial charge >= 0.3 is 6.01 Å². The first-order valence-electron chi connectivity index (χ1n) is 17.2. The molecule has 8 nitrogen and oxygen atoms in total. The summed E-state index contributed by atoms with van der Waals surface area (Å²) >= 11 is 1.22. The number of ether oxygens (including phenoxy) is 2. The molecule has 1 aromatic heterocycles. The van der Waals surface area contributed by atoms with Crippen molar-refractivity contribution in [2.24, 2.45) is 5.73 Å². The van der Waals surface area contributed by atoms with Gasteiger partial charge in [0.2, 0.25) is 0 Å². The van der Waals surface area contributed by atoms with Crippen LogP contribution in [0.5, 0.6) is 6.01 Å². The Morgan fingerprint density at radius 1 is 1.12 bits per heavy atom. The summed E-state index contributed by atoms with van der Waals surface area (Å²) in [6.45, 7) is 4.75. The quantitative estimate of drug-likeness (QED) is 0.327. The van der Waals surface area contributed by atoms with E-state index < -0.39 is 17.5 Å². The minimum absolute atomic E-state index is 0.00485. The van der Waals surface area contributed by atoms with Crippen molar-refractivity contribution < 1.29 is 22.6 Å². The Morgan fingerprint density at radius 2 is 1.94 bits per heavy atom. The van der Waals surface area contributed by atoms with Crippen LogP contribution in [0, 0.1) is 11.6 Å². The highest BCUT2D eigenvalue weighted by Crippen LogP contribution is 2.53. The maximum atomic E-state index is 17.4. The van der Waals surface area contributed by atoms with E-state index in [9.17, 15) is 4.39 Å². The number of nitrogens with zero attached hydrogens (tertiary/aromatic N) is 4. The van der Waals surface area contributed by atoms with Gasteiger partial charge in [-0.25, -0.2) is 13.2 Å².